The van der Waals surface area contributed by atoms with Crippen molar-refractivity contribution >= 4 is 18.1 Å². The highest BCUT2D eigenvalue weighted by Crippen LogP contribution is 2.23. The van der Waals surface area contributed by atoms with E-state index in [2.05, 4.69) is 0 Å². The molecule has 1 heterocycles. The lowest BCUT2D eigenvalue weighted by atomic mass is 9.79. The topological polar surface area (TPSA) is 12.5 Å². The lowest BCUT2D eigenvalue weighted by Gasteiger charge is -2.21. The summed E-state index contributed by atoms with van der Waals surface area (Å²) in [6.45, 7) is -3.44. The SMILES string of the molecule is CN1CCOCc2cc([B-](F)(F)F)ccc21. The molecule has 1 aliphatic heterocycles. The monoisotopic (exact) mass is 230 g/mol. The molecule has 2 nitrogen and oxygen atoms in total. The lowest BCUT2D eigenvalue weighted by molar-refractivity contribution is 0.133. The molecule has 0 aromatic heterocycles. The summed E-state index contributed by atoms with van der Waals surface area (Å²) in [5, 5.41) is 0. The fourth-order valence-electron chi connectivity index (χ4n) is 1.80. The van der Waals surface area contributed by atoms with Gasteiger partial charge in [-0.15, -0.1) is 5.46 Å². The van der Waals surface area contributed by atoms with Gasteiger partial charge in [0.2, 0.25) is 0 Å². The minimum atomic E-state index is -4.93. The van der Waals surface area contributed by atoms with Crippen molar-refractivity contribution < 1.29 is 17.7 Å². The summed E-state index contributed by atoms with van der Waals surface area (Å²) in [5.74, 6) is 0. The molecule has 0 saturated carbocycles. The number of hydrogen-bond donors (Lipinski definition) is 0. The van der Waals surface area contributed by atoms with Gasteiger partial charge >= 0.3 is 6.98 Å². The molecule has 0 unspecified atom stereocenters. The number of nitrogens with zero attached hydrogens (tertiary/aromatic N) is 1. The first-order chi connectivity index (χ1) is 7.48. The summed E-state index contributed by atoms with van der Waals surface area (Å²) in [7, 11) is 1.85. The Morgan fingerprint density at radius 1 is 1.31 bits per heavy atom. The van der Waals surface area contributed by atoms with E-state index in [0.29, 0.717) is 18.7 Å². The minimum absolute atomic E-state index is 0.250. The molecule has 0 amide bonds. The molecule has 1 aliphatic rings. The van der Waals surface area contributed by atoms with Crippen molar-refractivity contribution in [3.05, 3.63) is 23.8 Å². The van der Waals surface area contributed by atoms with E-state index in [1.165, 1.54) is 12.1 Å². The Kier molecular flexibility index (Phi) is 2.84. The standard InChI is InChI=1S/C10H12BF3NO/c1-15-4-5-16-7-8-6-9(11(12,13)14)2-3-10(8)15/h2-3,6H,4-5,7H2,1H3/q-1. The molecule has 0 radical (unpaired) electrons. The van der Waals surface area contributed by atoms with E-state index >= 15 is 0 Å². The summed E-state index contributed by atoms with van der Waals surface area (Å²) in [5.41, 5.74) is 0.871. The van der Waals surface area contributed by atoms with Gasteiger partial charge in [-0.25, -0.2) is 0 Å². The molecule has 0 atom stereocenters. The van der Waals surface area contributed by atoms with Crippen molar-refractivity contribution in [2.75, 3.05) is 25.1 Å². The molecular weight excluding hydrogens is 218 g/mol. The van der Waals surface area contributed by atoms with Gasteiger partial charge in [-0.3, -0.25) is 0 Å². The zero-order valence-electron chi connectivity index (χ0n) is 8.92. The molecule has 0 aliphatic carbocycles. The molecule has 0 fully saturated rings. The normalized spacial score (nSPS) is 16.9. The van der Waals surface area contributed by atoms with E-state index in [9.17, 15) is 12.9 Å². The molecule has 6 heteroatoms. The van der Waals surface area contributed by atoms with Crippen LogP contribution in [-0.2, 0) is 11.3 Å². The highest BCUT2D eigenvalue weighted by Gasteiger charge is 2.26. The summed E-state index contributed by atoms with van der Waals surface area (Å²) < 4.78 is 43.0. The highest BCUT2D eigenvalue weighted by molar-refractivity contribution is 6.73. The van der Waals surface area contributed by atoms with Crippen LogP contribution in [0.5, 0.6) is 0 Å². The third kappa shape index (κ3) is 2.16. The fourth-order valence-corrected chi connectivity index (χ4v) is 1.80. The van der Waals surface area contributed by atoms with Crippen LogP contribution in [0.2, 0.25) is 0 Å². The minimum Gasteiger partial charge on any atom is -0.445 e. The van der Waals surface area contributed by atoms with Gasteiger partial charge in [-0.1, -0.05) is 12.1 Å². The zero-order valence-corrected chi connectivity index (χ0v) is 8.92. The van der Waals surface area contributed by atoms with E-state index in [1.54, 1.807) is 0 Å². The molecule has 88 valence electrons. The predicted molar refractivity (Wildman–Crippen MR) is 58.1 cm³/mol. The average molecular weight is 230 g/mol. The van der Waals surface area contributed by atoms with Crippen molar-refractivity contribution in [2.45, 2.75) is 6.61 Å². The van der Waals surface area contributed by atoms with Crippen molar-refractivity contribution in [2.24, 2.45) is 0 Å². The van der Waals surface area contributed by atoms with Crippen LogP contribution >= 0.6 is 0 Å². The van der Waals surface area contributed by atoms with Gasteiger partial charge < -0.3 is 22.6 Å². The van der Waals surface area contributed by atoms with Crippen LogP contribution in [0.3, 0.4) is 0 Å². The number of halogens is 3. The number of likely N-dealkylation sites (N-methyl/N-ethyl adjacent to an activating group) is 1. The number of hydrogen-bond acceptors (Lipinski definition) is 2. The summed E-state index contributed by atoms with van der Waals surface area (Å²) in [6.07, 6.45) is 0. The smallest absolute Gasteiger partial charge is 0.445 e. The first-order valence-corrected chi connectivity index (χ1v) is 5.10. The van der Waals surface area contributed by atoms with Crippen LogP contribution in [0.25, 0.3) is 0 Å². The fraction of sp³-hybridized carbons (Fsp3) is 0.400. The Balaban J connectivity index is 2.41. The maximum Gasteiger partial charge on any atom is 0.509 e. The molecule has 0 bridgehead atoms. The largest absolute Gasteiger partial charge is 0.509 e. The van der Waals surface area contributed by atoms with Gasteiger partial charge in [-0.2, -0.15) is 0 Å². The third-order valence-corrected chi connectivity index (χ3v) is 2.72. The number of rotatable bonds is 1. The van der Waals surface area contributed by atoms with Crippen molar-refractivity contribution in [3.63, 3.8) is 0 Å². The van der Waals surface area contributed by atoms with E-state index in [4.69, 9.17) is 4.74 Å². The molecule has 0 saturated heterocycles. The Morgan fingerprint density at radius 2 is 2.06 bits per heavy atom. The van der Waals surface area contributed by atoms with Crippen LogP contribution in [0.4, 0.5) is 18.6 Å². The second-order valence-corrected chi connectivity index (χ2v) is 3.94. The molecule has 0 spiro atoms. The van der Waals surface area contributed by atoms with Crippen LogP contribution < -0.4 is 10.4 Å². The molecule has 1 aromatic rings. The Bertz CT molecular complexity index is 394. The summed E-state index contributed by atoms with van der Waals surface area (Å²) >= 11 is 0. The van der Waals surface area contributed by atoms with E-state index in [0.717, 1.165) is 11.8 Å². The second-order valence-electron chi connectivity index (χ2n) is 3.94. The molecular formula is C10H12BF3NO-. The number of fused-ring (bicyclic) bond motifs is 1. The van der Waals surface area contributed by atoms with Crippen LogP contribution in [-0.4, -0.2) is 27.2 Å². The molecule has 1 aromatic carbocycles. The van der Waals surface area contributed by atoms with E-state index in [1.807, 2.05) is 11.9 Å². The number of ether oxygens (including phenoxy) is 1. The van der Waals surface area contributed by atoms with Crippen LogP contribution in [0.15, 0.2) is 18.2 Å². The van der Waals surface area contributed by atoms with Crippen LogP contribution in [0, 0.1) is 0 Å². The Labute approximate surface area is 92.1 Å². The van der Waals surface area contributed by atoms with Gasteiger partial charge in [0.05, 0.1) is 13.2 Å². The van der Waals surface area contributed by atoms with Gasteiger partial charge in [0.1, 0.15) is 0 Å². The summed E-state index contributed by atoms with van der Waals surface area (Å²) in [6, 6.07) is 3.85. The Hall–Kier alpha value is -1.17. The van der Waals surface area contributed by atoms with E-state index < -0.39 is 12.4 Å². The van der Waals surface area contributed by atoms with Gasteiger partial charge in [-0.05, 0) is 11.6 Å². The first-order valence-electron chi connectivity index (χ1n) is 5.10. The highest BCUT2D eigenvalue weighted by atomic mass is 19.4. The van der Waals surface area contributed by atoms with Crippen LogP contribution in [0.1, 0.15) is 5.56 Å². The second kappa shape index (κ2) is 4.01. The Morgan fingerprint density at radius 3 is 2.75 bits per heavy atom. The van der Waals surface area contributed by atoms with Crippen molar-refractivity contribution in [3.8, 4) is 0 Å². The molecule has 0 N–H and O–H groups in total. The quantitative estimate of drug-likeness (QED) is 0.681. The van der Waals surface area contributed by atoms with E-state index in [-0.39, 0.29) is 6.61 Å². The number of anilines is 1. The molecule has 2 rings (SSSR count). The summed E-state index contributed by atoms with van der Waals surface area (Å²) in [4.78, 5) is 1.91. The maximum absolute atomic E-state index is 12.6. The van der Waals surface area contributed by atoms with Gasteiger partial charge in [0.15, 0.2) is 0 Å². The first kappa shape index (κ1) is 11.3. The van der Waals surface area contributed by atoms with Crippen molar-refractivity contribution in [1.29, 1.82) is 0 Å². The van der Waals surface area contributed by atoms with Gasteiger partial charge in [0.25, 0.3) is 0 Å². The average Bonchev–Trinajstić information content (AvgIpc) is 2.39. The van der Waals surface area contributed by atoms with Crippen molar-refractivity contribution in [1.82, 2.24) is 0 Å². The third-order valence-electron chi connectivity index (χ3n) is 2.72. The predicted octanol–water partition coefficient (Wildman–Crippen LogP) is 1.71. The lowest BCUT2D eigenvalue weighted by Crippen LogP contribution is -2.34. The number of benzene rings is 1. The van der Waals surface area contributed by atoms with Gasteiger partial charge in [0, 0.05) is 19.3 Å². The zero-order chi connectivity index (χ0) is 11.8. The molecule has 16 heavy (non-hydrogen) atoms. The maximum atomic E-state index is 12.6.